The molecule has 3 N–H and O–H groups in total. The van der Waals surface area contributed by atoms with Gasteiger partial charge in [-0.2, -0.15) is 0 Å². The lowest BCUT2D eigenvalue weighted by Crippen LogP contribution is -2.27. The molecular formula is C19H18N4OS. The van der Waals surface area contributed by atoms with Crippen LogP contribution in [0, 0.1) is 0 Å². The molecule has 2 amide bonds. The van der Waals surface area contributed by atoms with Crippen molar-refractivity contribution in [3.63, 3.8) is 0 Å². The number of aryl methyl sites for hydroxylation is 1. The lowest BCUT2D eigenvalue weighted by molar-refractivity contribution is 0.257. The third-order valence-electron chi connectivity index (χ3n) is 4.58. The van der Waals surface area contributed by atoms with Crippen molar-refractivity contribution in [3.05, 3.63) is 65.7 Å². The number of primary amides is 1. The van der Waals surface area contributed by atoms with Crippen molar-refractivity contribution in [2.24, 2.45) is 5.73 Å². The average molecular weight is 350 g/mol. The molecule has 0 radical (unpaired) electrons. The fraction of sp³-hybridized carbons (Fsp3) is 0.158. The normalized spacial score (nSPS) is 15.8. The van der Waals surface area contributed by atoms with Crippen molar-refractivity contribution in [2.45, 2.75) is 18.9 Å². The topological polar surface area (TPSA) is 71.2 Å². The minimum atomic E-state index is -0.617. The number of amides is 2. The van der Waals surface area contributed by atoms with Gasteiger partial charge in [-0.25, -0.2) is 14.1 Å². The molecule has 1 heterocycles. The van der Waals surface area contributed by atoms with Crippen LogP contribution < -0.4 is 15.4 Å². The summed E-state index contributed by atoms with van der Waals surface area (Å²) in [7, 11) is 0. The molecule has 1 atom stereocenters. The minimum Gasteiger partial charge on any atom is -0.363 e. The highest BCUT2D eigenvalue weighted by molar-refractivity contribution is 7.82. The molecule has 1 aliphatic rings. The number of benzene rings is 2. The smallest absolute Gasteiger partial charge is 0.329 e. The number of aromatic nitrogens is 1. The molecule has 1 aromatic heterocycles. The molecule has 6 heteroatoms. The summed E-state index contributed by atoms with van der Waals surface area (Å²) in [5.41, 5.74) is 9.49. The monoisotopic (exact) mass is 350 g/mol. The lowest BCUT2D eigenvalue weighted by atomic mass is 10.1. The van der Waals surface area contributed by atoms with Crippen molar-refractivity contribution in [1.29, 1.82) is 0 Å². The van der Waals surface area contributed by atoms with Crippen LogP contribution in [0.15, 0.2) is 54.6 Å². The van der Waals surface area contributed by atoms with Gasteiger partial charge in [0.15, 0.2) is 0 Å². The number of carbonyl (C=O) groups is 1. The summed E-state index contributed by atoms with van der Waals surface area (Å²) >= 11 is 4.09. The predicted octanol–water partition coefficient (Wildman–Crippen LogP) is 4.06. The maximum atomic E-state index is 11.2. The van der Waals surface area contributed by atoms with E-state index in [0.717, 1.165) is 33.9 Å². The second kappa shape index (κ2) is 6.29. The van der Waals surface area contributed by atoms with E-state index in [4.69, 9.17) is 5.73 Å². The molecule has 4 rings (SSSR count). The van der Waals surface area contributed by atoms with Crippen LogP contribution in [0.2, 0.25) is 0 Å². The standard InChI is InChI=1S/C19H18N4OS/c20-19(24)23(25)14-7-9-16-13(11-14)6-10-18(21-16)22-17-8-5-12-3-1-2-4-15(12)17/h1-4,6-7,9-11,17,25H,5,8H2,(H2,20,24)(H,21,22)/t17-/m1/s1. The number of nitrogens with zero attached hydrogens (tertiary/aromatic N) is 2. The molecule has 1 aliphatic carbocycles. The molecular weight excluding hydrogens is 332 g/mol. The first-order valence-corrected chi connectivity index (χ1v) is 8.55. The molecule has 0 saturated carbocycles. The summed E-state index contributed by atoms with van der Waals surface area (Å²) in [6.45, 7) is 0. The van der Waals surface area contributed by atoms with Crippen molar-refractivity contribution in [3.8, 4) is 0 Å². The number of thiol groups is 1. The van der Waals surface area contributed by atoms with E-state index in [-0.39, 0.29) is 0 Å². The number of carbonyl (C=O) groups excluding carboxylic acids is 1. The zero-order valence-electron chi connectivity index (χ0n) is 13.5. The minimum absolute atomic E-state index is 0.295. The Morgan fingerprint density at radius 2 is 2.04 bits per heavy atom. The summed E-state index contributed by atoms with van der Waals surface area (Å²) in [6.07, 6.45) is 2.17. The maximum Gasteiger partial charge on any atom is 0.329 e. The first kappa shape index (κ1) is 15.8. The molecule has 2 aromatic carbocycles. The van der Waals surface area contributed by atoms with Crippen LogP contribution >= 0.6 is 12.8 Å². The Morgan fingerprint density at radius 3 is 2.88 bits per heavy atom. The van der Waals surface area contributed by atoms with Crippen molar-refractivity contribution >= 4 is 41.3 Å². The van der Waals surface area contributed by atoms with Crippen molar-refractivity contribution in [2.75, 3.05) is 9.62 Å². The van der Waals surface area contributed by atoms with E-state index in [9.17, 15) is 4.79 Å². The summed E-state index contributed by atoms with van der Waals surface area (Å²) in [6, 6.07) is 17.6. The van der Waals surface area contributed by atoms with Crippen LogP contribution in [0.5, 0.6) is 0 Å². The van der Waals surface area contributed by atoms with Gasteiger partial charge in [0.25, 0.3) is 0 Å². The number of fused-ring (bicyclic) bond motifs is 2. The largest absolute Gasteiger partial charge is 0.363 e. The number of pyridine rings is 1. The molecule has 126 valence electrons. The Morgan fingerprint density at radius 1 is 1.20 bits per heavy atom. The Bertz CT molecular complexity index is 959. The maximum absolute atomic E-state index is 11.2. The summed E-state index contributed by atoms with van der Waals surface area (Å²) in [5.74, 6) is 0.847. The molecule has 0 bridgehead atoms. The van der Waals surface area contributed by atoms with Crippen LogP contribution in [0.1, 0.15) is 23.6 Å². The van der Waals surface area contributed by atoms with Crippen LogP contribution in [-0.4, -0.2) is 11.0 Å². The molecule has 0 spiro atoms. The van der Waals surface area contributed by atoms with Crippen LogP contribution in [0.3, 0.4) is 0 Å². The van der Waals surface area contributed by atoms with Crippen LogP contribution in [0.25, 0.3) is 10.9 Å². The second-order valence-corrected chi connectivity index (χ2v) is 6.56. The molecule has 5 nitrogen and oxygen atoms in total. The number of hydrogen-bond donors (Lipinski definition) is 3. The zero-order valence-corrected chi connectivity index (χ0v) is 14.4. The molecule has 0 unspecified atom stereocenters. The SMILES string of the molecule is NC(=O)N(S)c1ccc2nc(N[C@@H]3CCc4ccccc43)ccc2c1. The Kier molecular flexibility index (Phi) is 3.97. The molecule has 25 heavy (non-hydrogen) atoms. The van der Waals surface area contributed by atoms with Gasteiger partial charge in [0, 0.05) is 5.39 Å². The summed E-state index contributed by atoms with van der Waals surface area (Å²) in [4.78, 5) is 15.9. The van der Waals surface area contributed by atoms with Gasteiger partial charge in [0.2, 0.25) is 0 Å². The van der Waals surface area contributed by atoms with Gasteiger partial charge >= 0.3 is 6.03 Å². The summed E-state index contributed by atoms with van der Waals surface area (Å²) < 4.78 is 1.11. The van der Waals surface area contributed by atoms with Gasteiger partial charge in [-0.15, -0.1) is 0 Å². The third-order valence-corrected chi connectivity index (χ3v) is 5.01. The Balaban J connectivity index is 1.60. The number of urea groups is 1. The molecule has 0 fully saturated rings. The van der Waals surface area contributed by atoms with E-state index in [1.807, 2.05) is 24.3 Å². The van der Waals surface area contributed by atoms with Gasteiger partial charge in [-0.1, -0.05) is 37.1 Å². The first-order valence-electron chi connectivity index (χ1n) is 8.15. The Labute approximate surface area is 151 Å². The predicted molar refractivity (Wildman–Crippen MR) is 104 cm³/mol. The lowest BCUT2D eigenvalue weighted by Gasteiger charge is -2.16. The highest BCUT2D eigenvalue weighted by Gasteiger charge is 2.21. The fourth-order valence-corrected chi connectivity index (χ4v) is 3.46. The number of hydrogen-bond acceptors (Lipinski definition) is 4. The zero-order chi connectivity index (χ0) is 17.4. The highest BCUT2D eigenvalue weighted by Crippen LogP contribution is 2.33. The van der Waals surface area contributed by atoms with E-state index in [1.54, 1.807) is 6.07 Å². The third kappa shape index (κ3) is 3.00. The number of nitrogens with one attached hydrogen (secondary N) is 1. The first-order chi connectivity index (χ1) is 12.1. The molecule has 0 aliphatic heterocycles. The quantitative estimate of drug-likeness (QED) is 0.624. The van der Waals surface area contributed by atoms with Gasteiger partial charge in [0.05, 0.1) is 17.2 Å². The van der Waals surface area contributed by atoms with Gasteiger partial charge in [-0.3, -0.25) is 0 Å². The number of anilines is 2. The number of nitrogens with two attached hydrogens (primary N) is 1. The van der Waals surface area contributed by atoms with E-state index in [0.29, 0.717) is 11.7 Å². The van der Waals surface area contributed by atoms with Crippen molar-refractivity contribution in [1.82, 2.24) is 4.98 Å². The fourth-order valence-electron chi connectivity index (χ4n) is 3.34. The van der Waals surface area contributed by atoms with Gasteiger partial charge in [-0.05, 0) is 54.3 Å². The number of rotatable bonds is 3. The van der Waals surface area contributed by atoms with Gasteiger partial charge < -0.3 is 11.1 Å². The Hall–Kier alpha value is -2.73. The van der Waals surface area contributed by atoms with Crippen LogP contribution in [0.4, 0.5) is 16.3 Å². The molecule has 3 aromatic rings. The van der Waals surface area contributed by atoms with Crippen molar-refractivity contribution < 1.29 is 4.79 Å². The average Bonchev–Trinajstić information content (AvgIpc) is 3.03. The van der Waals surface area contributed by atoms with Crippen LogP contribution in [-0.2, 0) is 6.42 Å². The van der Waals surface area contributed by atoms with Gasteiger partial charge in [0.1, 0.15) is 5.82 Å². The highest BCUT2D eigenvalue weighted by atomic mass is 32.1. The van der Waals surface area contributed by atoms with E-state index in [2.05, 4.69) is 47.4 Å². The van der Waals surface area contributed by atoms with E-state index in [1.165, 1.54) is 11.1 Å². The summed E-state index contributed by atoms with van der Waals surface area (Å²) in [5, 5.41) is 4.46. The molecule has 0 saturated heterocycles. The second-order valence-electron chi connectivity index (χ2n) is 6.16. The van der Waals surface area contributed by atoms with E-state index >= 15 is 0 Å². The van der Waals surface area contributed by atoms with E-state index < -0.39 is 6.03 Å².